The Hall–Kier alpha value is -0.580. The second-order valence-electron chi connectivity index (χ2n) is 4.18. The third-order valence-electron chi connectivity index (χ3n) is 2.65. The maximum Gasteiger partial charge on any atom is 0.130 e. The van der Waals surface area contributed by atoms with Crippen LogP contribution in [0.3, 0.4) is 0 Å². The molecule has 1 aromatic carbocycles. The van der Waals surface area contributed by atoms with Crippen LogP contribution in [0.2, 0.25) is 0 Å². The summed E-state index contributed by atoms with van der Waals surface area (Å²) in [7, 11) is 0. The number of rotatable bonds is 7. The van der Waals surface area contributed by atoms with E-state index in [1.54, 1.807) is 6.07 Å². The average molecular weight is 257 g/mol. The molecule has 0 saturated heterocycles. The third-order valence-corrected chi connectivity index (χ3v) is 3.97. The lowest BCUT2D eigenvalue weighted by molar-refractivity contribution is 0.544. The summed E-state index contributed by atoms with van der Waals surface area (Å²) in [5.41, 5.74) is 0.798. The number of halogens is 1. The van der Waals surface area contributed by atoms with Gasteiger partial charge in [0.1, 0.15) is 17.3 Å². The van der Waals surface area contributed by atoms with Crippen LogP contribution in [0.5, 0.6) is 0 Å². The van der Waals surface area contributed by atoms with Crippen molar-refractivity contribution in [2.24, 2.45) is 0 Å². The fourth-order valence-electron chi connectivity index (χ4n) is 1.45. The molecular weight excluding hydrogens is 237 g/mol. The highest BCUT2D eigenvalue weighted by Gasteiger charge is 2.08. The van der Waals surface area contributed by atoms with Gasteiger partial charge >= 0.3 is 0 Å². The maximum atomic E-state index is 12.9. The van der Waals surface area contributed by atoms with Crippen LogP contribution < -0.4 is 5.32 Å². The van der Waals surface area contributed by atoms with Gasteiger partial charge in [-0.3, -0.25) is 0 Å². The maximum absolute atomic E-state index is 12.9. The zero-order chi connectivity index (χ0) is 12.7. The predicted octanol–water partition coefficient (Wildman–Crippen LogP) is 2.46. The van der Waals surface area contributed by atoms with Gasteiger partial charge in [-0.15, -0.1) is 0 Å². The van der Waals surface area contributed by atoms with E-state index in [-0.39, 0.29) is 5.82 Å². The lowest BCUT2D eigenvalue weighted by Crippen LogP contribution is -2.30. The Bertz CT molecular complexity index is 335. The van der Waals surface area contributed by atoms with E-state index in [2.05, 4.69) is 19.2 Å². The van der Waals surface area contributed by atoms with Crippen molar-refractivity contribution in [3.8, 4) is 0 Å². The quantitative estimate of drug-likeness (QED) is 0.762. The van der Waals surface area contributed by atoms with Crippen LogP contribution in [-0.2, 0) is 16.9 Å². The zero-order valence-corrected chi connectivity index (χ0v) is 11.2. The molecule has 4 heteroatoms. The minimum absolute atomic E-state index is 0.266. The minimum atomic E-state index is -0.927. The van der Waals surface area contributed by atoms with Crippen LogP contribution in [0, 0.1) is 5.82 Å². The Labute approximate surface area is 106 Å². The molecule has 0 aliphatic carbocycles. The van der Waals surface area contributed by atoms with Crippen molar-refractivity contribution in [2.75, 3.05) is 12.3 Å². The molecule has 0 bridgehead atoms. The summed E-state index contributed by atoms with van der Waals surface area (Å²) in [6.07, 6.45) is 1.07. The summed E-state index contributed by atoms with van der Waals surface area (Å²) >= 11 is -0.927. The number of benzene rings is 1. The first kappa shape index (κ1) is 14.5. The molecule has 0 heterocycles. The number of nitrogens with one attached hydrogen (secondary N) is 1. The third kappa shape index (κ3) is 6.05. The van der Waals surface area contributed by atoms with E-state index in [4.69, 9.17) is 0 Å². The van der Waals surface area contributed by atoms with E-state index in [9.17, 15) is 8.94 Å². The molecular formula is C13H20FNOS. The first-order valence-electron chi connectivity index (χ1n) is 5.94. The monoisotopic (exact) mass is 257 g/mol. The van der Waals surface area contributed by atoms with Crippen LogP contribution in [-0.4, -0.2) is 22.9 Å². The van der Waals surface area contributed by atoms with E-state index >= 15 is 0 Å². The van der Waals surface area contributed by atoms with E-state index in [1.807, 2.05) is 6.07 Å². The number of hydrogen-bond donors (Lipinski definition) is 1. The largest absolute Gasteiger partial charge is 0.616 e. The van der Waals surface area contributed by atoms with Gasteiger partial charge in [-0.1, -0.05) is 19.1 Å². The summed E-state index contributed by atoms with van der Waals surface area (Å²) in [4.78, 5) is 0. The van der Waals surface area contributed by atoms with Crippen molar-refractivity contribution in [1.82, 2.24) is 5.32 Å². The molecule has 0 fully saturated rings. The first-order chi connectivity index (χ1) is 8.11. The van der Waals surface area contributed by atoms with E-state index < -0.39 is 11.2 Å². The minimum Gasteiger partial charge on any atom is -0.616 e. The fraction of sp³-hybridized carbons (Fsp3) is 0.538. The predicted molar refractivity (Wildman–Crippen MR) is 70.9 cm³/mol. The highest BCUT2D eigenvalue weighted by molar-refractivity contribution is 7.90. The van der Waals surface area contributed by atoms with Gasteiger partial charge in [0.15, 0.2) is 0 Å². The Morgan fingerprint density at radius 1 is 1.47 bits per heavy atom. The van der Waals surface area contributed by atoms with E-state index in [1.165, 1.54) is 12.1 Å². The standard InChI is InChI=1S/C13H20FNOS/c1-3-11(2)15-7-8-17(16)10-12-5-4-6-13(14)9-12/h4-6,9,11,15H,3,7-8,10H2,1-2H3. The SMILES string of the molecule is CCC(C)NCC[S+]([O-])Cc1cccc(F)c1. The topological polar surface area (TPSA) is 35.1 Å². The molecule has 17 heavy (non-hydrogen) atoms. The second-order valence-corrected chi connectivity index (χ2v) is 5.76. The second kappa shape index (κ2) is 7.69. The lowest BCUT2D eigenvalue weighted by Gasteiger charge is -2.14. The molecule has 0 saturated carbocycles. The Balaban J connectivity index is 2.27. The Morgan fingerprint density at radius 2 is 2.24 bits per heavy atom. The summed E-state index contributed by atoms with van der Waals surface area (Å²) in [5, 5.41) is 3.29. The van der Waals surface area contributed by atoms with Gasteiger partial charge < -0.3 is 9.87 Å². The van der Waals surface area contributed by atoms with Gasteiger partial charge in [-0.05, 0) is 36.7 Å². The molecule has 0 radical (unpaired) electrons. The summed E-state index contributed by atoms with van der Waals surface area (Å²) in [6, 6.07) is 6.76. The molecule has 0 amide bonds. The molecule has 2 unspecified atom stereocenters. The normalized spacial score (nSPS) is 14.6. The zero-order valence-electron chi connectivity index (χ0n) is 10.4. The first-order valence-corrected chi connectivity index (χ1v) is 7.43. The lowest BCUT2D eigenvalue weighted by atomic mass is 10.2. The Kier molecular flexibility index (Phi) is 6.55. The molecule has 0 aliphatic rings. The van der Waals surface area contributed by atoms with E-state index in [0.29, 0.717) is 17.5 Å². The molecule has 2 nitrogen and oxygen atoms in total. The van der Waals surface area contributed by atoms with Crippen molar-refractivity contribution in [2.45, 2.75) is 32.1 Å². The highest BCUT2D eigenvalue weighted by atomic mass is 32.2. The van der Waals surface area contributed by atoms with Crippen molar-refractivity contribution in [3.05, 3.63) is 35.6 Å². The molecule has 0 aliphatic heterocycles. The molecule has 0 aromatic heterocycles. The summed E-state index contributed by atoms with van der Waals surface area (Å²) in [5.74, 6) is 0.776. The van der Waals surface area contributed by atoms with Gasteiger partial charge in [0, 0.05) is 18.2 Å². The highest BCUT2D eigenvalue weighted by Crippen LogP contribution is 2.08. The molecule has 0 spiro atoms. The fourth-order valence-corrected chi connectivity index (χ4v) is 2.49. The average Bonchev–Trinajstić information content (AvgIpc) is 2.28. The van der Waals surface area contributed by atoms with Crippen LogP contribution in [0.4, 0.5) is 4.39 Å². The van der Waals surface area contributed by atoms with Crippen LogP contribution in [0.15, 0.2) is 24.3 Å². The van der Waals surface area contributed by atoms with Gasteiger partial charge in [-0.2, -0.15) is 0 Å². The number of hydrogen-bond acceptors (Lipinski definition) is 2. The van der Waals surface area contributed by atoms with Gasteiger partial charge in [0.2, 0.25) is 0 Å². The summed E-state index contributed by atoms with van der Waals surface area (Å²) < 4.78 is 24.7. The molecule has 2 atom stereocenters. The van der Waals surface area contributed by atoms with Crippen molar-refractivity contribution in [1.29, 1.82) is 0 Å². The molecule has 1 aromatic rings. The van der Waals surface area contributed by atoms with E-state index in [0.717, 1.165) is 18.5 Å². The van der Waals surface area contributed by atoms with Crippen molar-refractivity contribution in [3.63, 3.8) is 0 Å². The van der Waals surface area contributed by atoms with Gasteiger partial charge in [0.25, 0.3) is 0 Å². The molecule has 1 N–H and O–H groups in total. The molecule has 96 valence electrons. The summed E-state index contributed by atoms with van der Waals surface area (Å²) in [6.45, 7) is 4.97. The van der Waals surface area contributed by atoms with Crippen molar-refractivity contribution >= 4 is 11.2 Å². The van der Waals surface area contributed by atoms with Crippen molar-refractivity contribution < 1.29 is 8.94 Å². The van der Waals surface area contributed by atoms with Gasteiger partial charge in [-0.25, -0.2) is 4.39 Å². The van der Waals surface area contributed by atoms with Crippen LogP contribution in [0.1, 0.15) is 25.8 Å². The van der Waals surface area contributed by atoms with Crippen LogP contribution >= 0.6 is 0 Å². The Morgan fingerprint density at radius 3 is 2.88 bits per heavy atom. The van der Waals surface area contributed by atoms with Gasteiger partial charge in [0.05, 0.1) is 0 Å². The molecule has 1 rings (SSSR count). The van der Waals surface area contributed by atoms with Crippen LogP contribution in [0.25, 0.3) is 0 Å². The smallest absolute Gasteiger partial charge is 0.130 e.